The molecule has 0 aromatic heterocycles. The highest BCUT2D eigenvalue weighted by Crippen LogP contribution is 2.45. The number of rotatable bonds is 17. The number of carbonyl (C=O) groups is 1. The lowest BCUT2D eigenvalue weighted by atomic mass is 9.81. The van der Waals surface area contributed by atoms with Crippen LogP contribution in [0.5, 0.6) is 0 Å². The first kappa shape index (κ1) is 39.2. The van der Waals surface area contributed by atoms with Crippen LogP contribution in [0.1, 0.15) is 94.4 Å². The minimum absolute atomic E-state index is 0.0126. The number of ether oxygens (including phenoxy) is 2. The fourth-order valence-electron chi connectivity index (χ4n) is 6.40. The predicted molar refractivity (Wildman–Crippen MR) is 209 cm³/mol. The lowest BCUT2D eigenvalue weighted by Gasteiger charge is -2.43. The molecule has 3 rings (SSSR count). The van der Waals surface area contributed by atoms with Gasteiger partial charge in [-0.25, -0.2) is 4.79 Å². The van der Waals surface area contributed by atoms with Crippen molar-refractivity contribution in [3.63, 3.8) is 0 Å². The third-order valence-electron chi connectivity index (χ3n) is 9.22. The van der Waals surface area contributed by atoms with Gasteiger partial charge < -0.3 is 13.9 Å². The molecular weight excluding hydrogens is 711 g/mol. The third-order valence-corrected chi connectivity index (χ3v) is 14.8. The van der Waals surface area contributed by atoms with Gasteiger partial charge in [-0.05, 0) is 120 Å². The largest absolute Gasteiger partial charge is 0.452 e. The van der Waals surface area contributed by atoms with E-state index in [2.05, 4.69) is 157 Å². The molecule has 0 radical (unpaired) electrons. The molecule has 4 nitrogen and oxygen atoms in total. The van der Waals surface area contributed by atoms with Crippen LogP contribution in [-0.2, 0) is 18.7 Å². The summed E-state index contributed by atoms with van der Waals surface area (Å²) in [6, 6.07) is 21.6. The van der Waals surface area contributed by atoms with Crippen LogP contribution in [0.15, 0.2) is 106 Å². The molecule has 0 saturated carbocycles. The van der Waals surface area contributed by atoms with Crippen molar-refractivity contribution in [1.29, 1.82) is 0 Å². The van der Waals surface area contributed by atoms with E-state index in [4.69, 9.17) is 13.9 Å². The van der Waals surface area contributed by atoms with Gasteiger partial charge in [0.15, 0.2) is 6.10 Å². The Kier molecular flexibility index (Phi) is 14.1. The molecule has 0 N–H and O–H groups in total. The number of hydrogen-bond donors (Lipinski definition) is 0. The van der Waals surface area contributed by atoms with E-state index in [9.17, 15) is 4.79 Å². The third kappa shape index (κ3) is 10.9. The highest BCUT2D eigenvalue weighted by atomic mass is 127. The zero-order chi connectivity index (χ0) is 34.9. The van der Waals surface area contributed by atoms with Crippen LogP contribution < -0.4 is 10.4 Å². The van der Waals surface area contributed by atoms with E-state index in [0.717, 1.165) is 41.3 Å². The zero-order valence-corrected chi connectivity index (χ0v) is 33.4. The number of esters is 1. The Balaban J connectivity index is 1.96. The number of benzene rings is 2. The first-order valence-electron chi connectivity index (χ1n) is 17.0. The van der Waals surface area contributed by atoms with E-state index >= 15 is 0 Å². The summed E-state index contributed by atoms with van der Waals surface area (Å²) >= 11 is 2.27. The highest BCUT2D eigenvalue weighted by molar-refractivity contribution is 14.1. The second-order valence-electron chi connectivity index (χ2n) is 15.0. The first-order chi connectivity index (χ1) is 22.0. The summed E-state index contributed by atoms with van der Waals surface area (Å²) in [5.74, 6) is -0.338. The summed E-state index contributed by atoms with van der Waals surface area (Å²) in [5.41, 5.74) is 1.45. The van der Waals surface area contributed by atoms with E-state index in [1.54, 1.807) is 6.08 Å². The molecule has 0 unspecified atom stereocenters. The Morgan fingerprint density at radius 1 is 0.979 bits per heavy atom. The molecule has 0 amide bonds. The van der Waals surface area contributed by atoms with Gasteiger partial charge >= 0.3 is 5.97 Å². The van der Waals surface area contributed by atoms with Crippen molar-refractivity contribution < 1.29 is 18.7 Å². The van der Waals surface area contributed by atoms with Crippen molar-refractivity contribution in [3.8, 4) is 0 Å². The number of allylic oxidation sites excluding steroid dienone is 5. The fraction of sp³-hybridized carbons (Fsp3) is 0.488. The quantitative estimate of drug-likeness (QED) is 0.0402. The molecule has 47 heavy (non-hydrogen) atoms. The topological polar surface area (TPSA) is 48.1 Å². The SMILES string of the molecule is C=C(I)CC[C@H]1O[C@@]1(C)[C@@H](/C=C/[C@@](C)(CCC=C(C)C)CCO[Si](c1ccccc1)(c1ccccc1)C(C)(C)C)OC(=O)C=C(C)C. The average molecular weight is 769 g/mol. The summed E-state index contributed by atoms with van der Waals surface area (Å²) in [4.78, 5) is 12.9. The zero-order valence-electron chi connectivity index (χ0n) is 30.2. The second kappa shape index (κ2) is 16.9. The fourth-order valence-corrected chi connectivity index (χ4v) is 11.3. The average Bonchev–Trinajstić information content (AvgIpc) is 3.66. The number of epoxide rings is 1. The van der Waals surface area contributed by atoms with Crippen LogP contribution in [0.4, 0.5) is 0 Å². The molecule has 1 heterocycles. The Morgan fingerprint density at radius 2 is 1.55 bits per heavy atom. The van der Waals surface area contributed by atoms with Gasteiger partial charge in [-0.15, -0.1) is 0 Å². The predicted octanol–water partition coefficient (Wildman–Crippen LogP) is 10.0. The van der Waals surface area contributed by atoms with Crippen LogP contribution >= 0.6 is 22.6 Å². The minimum atomic E-state index is -2.67. The molecule has 0 bridgehead atoms. The van der Waals surface area contributed by atoms with Gasteiger partial charge in [0.1, 0.15) is 5.60 Å². The van der Waals surface area contributed by atoms with Crippen LogP contribution in [-0.4, -0.2) is 38.7 Å². The normalized spacial score (nSPS) is 19.8. The number of halogens is 1. The van der Waals surface area contributed by atoms with Crippen molar-refractivity contribution >= 4 is 47.3 Å². The molecule has 0 spiro atoms. The van der Waals surface area contributed by atoms with Gasteiger partial charge in [-0.1, -0.05) is 118 Å². The summed E-state index contributed by atoms with van der Waals surface area (Å²) in [6.07, 6.45) is 12.2. The summed E-state index contributed by atoms with van der Waals surface area (Å²) < 4.78 is 20.8. The standard InChI is InChI=1S/C41H57IO4Si/c1-31(2)18-17-26-40(9,27-25-36(45-38(43)30-32(3)4)41(10)37(46-41)24-23-33(5)42)28-29-44-47(39(6,7)8,34-19-13-11-14-20-34)35-21-15-12-16-22-35/h11-16,18-22,25,27,30,36-37H,5,17,23-24,26,28-29H2,1-4,6-10H3/b27-25+/t36-,37-,40-,41+/m1/s1. The lowest BCUT2D eigenvalue weighted by molar-refractivity contribution is -0.143. The Bertz CT molecular complexity index is 1380. The molecule has 256 valence electrons. The van der Waals surface area contributed by atoms with E-state index < -0.39 is 20.0 Å². The van der Waals surface area contributed by atoms with Crippen LogP contribution in [0.3, 0.4) is 0 Å². The van der Waals surface area contributed by atoms with E-state index in [-0.39, 0.29) is 22.5 Å². The van der Waals surface area contributed by atoms with Crippen molar-refractivity contribution in [2.45, 2.75) is 117 Å². The van der Waals surface area contributed by atoms with Crippen molar-refractivity contribution in [2.75, 3.05) is 6.61 Å². The molecule has 1 aliphatic rings. The Morgan fingerprint density at radius 3 is 2.04 bits per heavy atom. The number of carbonyl (C=O) groups excluding carboxylic acids is 1. The first-order valence-corrected chi connectivity index (χ1v) is 20.0. The highest BCUT2D eigenvalue weighted by Gasteiger charge is 2.58. The van der Waals surface area contributed by atoms with E-state index in [0.29, 0.717) is 6.61 Å². The van der Waals surface area contributed by atoms with Crippen LogP contribution in [0.25, 0.3) is 0 Å². The number of hydrogen-bond acceptors (Lipinski definition) is 4. The molecular formula is C41H57IO4Si. The van der Waals surface area contributed by atoms with E-state index in [1.807, 2.05) is 13.8 Å². The monoisotopic (exact) mass is 768 g/mol. The van der Waals surface area contributed by atoms with Gasteiger partial charge in [0.25, 0.3) is 8.32 Å². The van der Waals surface area contributed by atoms with Crippen molar-refractivity contribution in [3.05, 3.63) is 106 Å². The van der Waals surface area contributed by atoms with Crippen molar-refractivity contribution in [1.82, 2.24) is 0 Å². The van der Waals surface area contributed by atoms with Gasteiger partial charge in [0, 0.05) is 12.7 Å². The maximum absolute atomic E-state index is 12.9. The Labute approximate surface area is 300 Å². The van der Waals surface area contributed by atoms with Crippen LogP contribution in [0, 0.1) is 5.41 Å². The lowest BCUT2D eigenvalue weighted by Crippen LogP contribution is -2.66. The molecule has 2 aromatic rings. The van der Waals surface area contributed by atoms with Crippen LogP contribution in [0.2, 0.25) is 5.04 Å². The molecule has 0 aliphatic carbocycles. The Hall–Kier alpha value is -2.26. The van der Waals surface area contributed by atoms with Gasteiger partial charge in [0.2, 0.25) is 0 Å². The molecule has 1 aliphatic heterocycles. The van der Waals surface area contributed by atoms with Gasteiger partial charge in [-0.3, -0.25) is 0 Å². The molecule has 1 fully saturated rings. The molecule has 2 aromatic carbocycles. The van der Waals surface area contributed by atoms with Crippen molar-refractivity contribution in [2.24, 2.45) is 5.41 Å². The summed E-state index contributed by atoms with van der Waals surface area (Å²) in [7, 11) is -2.67. The maximum Gasteiger partial charge on any atom is 0.331 e. The van der Waals surface area contributed by atoms with E-state index in [1.165, 1.54) is 15.9 Å². The summed E-state index contributed by atoms with van der Waals surface area (Å²) in [5, 5.41) is 2.47. The smallest absolute Gasteiger partial charge is 0.331 e. The molecule has 6 heteroatoms. The van der Waals surface area contributed by atoms with Gasteiger partial charge in [0.05, 0.1) is 6.10 Å². The summed E-state index contributed by atoms with van der Waals surface area (Å²) in [6.45, 7) is 24.1. The molecule has 1 saturated heterocycles. The second-order valence-corrected chi connectivity index (χ2v) is 20.9. The van der Waals surface area contributed by atoms with Gasteiger partial charge in [-0.2, -0.15) is 0 Å². The molecule has 4 atom stereocenters. The minimum Gasteiger partial charge on any atom is -0.452 e. The maximum atomic E-state index is 12.9.